The third-order valence-corrected chi connectivity index (χ3v) is 3.94. The van der Waals surface area contributed by atoms with Crippen molar-refractivity contribution in [1.29, 1.82) is 0 Å². The van der Waals surface area contributed by atoms with E-state index in [1.807, 2.05) is 11.5 Å². The van der Waals surface area contributed by atoms with Crippen molar-refractivity contribution in [2.75, 3.05) is 0 Å². The van der Waals surface area contributed by atoms with Crippen LogP contribution in [0.3, 0.4) is 0 Å². The number of fused-ring (bicyclic) bond motifs is 1. The molecule has 7 heteroatoms. The van der Waals surface area contributed by atoms with Crippen molar-refractivity contribution in [3.63, 3.8) is 0 Å². The third kappa shape index (κ3) is 1.96. The lowest BCUT2D eigenvalue weighted by atomic mass is 10.0. The maximum absolute atomic E-state index is 11.0. The summed E-state index contributed by atoms with van der Waals surface area (Å²) >= 11 is 1.41. The number of aliphatic hydroxyl groups is 1. The van der Waals surface area contributed by atoms with Crippen LogP contribution in [0, 0.1) is 10.1 Å². The second-order valence-electron chi connectivity index (χ2n) is 4.21. The monoisotopic (exact) mass is 277 g/mol. The number of nitrogens with zero attached hydrogens (tertiary/aromatic N) is 3. The molecule has 19 heavy (non-hydrogen) atoms. The Hall–Kier alpha value is -1.99. The van der Waals surface area contributed by atoms with Gasteiger partial charge in [0.2, 0.25) is 0 Å². The largest absolute Gasteiger partial charge is 0.390 e. The van der Waals surface area contributed by atoms with Crippen LogP contribution in [-0.4, -0.2) is 19.4 Å². The Morgan fingerprint density at radius 1 is 1.47 bits per heavy atom. The Morgan fingerprint density at radius 3 is 3.00 bits per heavy atom. The van der Waals surface area contributed by atoms with Crippen molar-refractivity contribution in [2.45, 2.75) is 19.4 Å². The fourth-order valence-corrected chi connectivity index (χ4v) is 3.01. The lowest BCUT2D eigenvalue weighted by Crippen LogP contribution is -2.05. The first-order chi connectivity index (χ1) is 9.20. The van der Waals surface area contributed by atoms with Crippen LogP contribution in [0.2, 0.25) is 0 Å². The van der Waals surface area contributed by atoms with Crippen molar-refractivity contribution in [3.05, 3.63) is 50.9 Å². The normalized spacial score (nSPS) is 15.4. The van der Waals surface area contributed by atoms with Crippen LogP contribution in [0.1, 0.15) is 24.2 Å². The molecule has 6 nitrogen and oxygen atoms in total. The van der Waals surface area contributed by atoms with Gasteiger partial charge in [-0.25, -0.2) is 4.98 Å². The first kappa shape index (κ1) is 12.1. The summed E-state index contributed by atoms with van der Waals surface area (Å²) in [6.45, 7) is -0.0766. The summed E-state index contributed by atoms with van der Waals surface area (Å²) in [6, 6.07) is 0. The van der Waals surface area contributed by atoms with Gasteiger partial charge in [-0.05, 0) is 18.9 Å². The van der Waals surface area contributed by atoms with Gasteiger partial charge in [0.25, 0.3) is 5.70 Å². The van der Waals surface area contributed by atoms with E-state index in [1.165, 1.54) is 11.3 Å². The molecular formula is C12H11N3O3S. The van der Waals surface area contributed by atoms with Crippen molar-refractivity contribution < 1.29 is 10.0 Å². The van der Waals surface area contributed by atoms with E-state index in [0.717, 1.165) is 17.1 Å². The van der Waals surface area contributed by atoms with E-state index in [0.29, 0.717) is 17.7 Å². The Kier molecular flexibility index (Phi) is 2.92. The fraction of sp³-hybridized carbons (Fsp3) is 0.250. The van der Waals surface area contributed by atoms with E-state index in [-0.39, 0.29) is 17.2 Å². The molecule has 0 saturated heterocycles. The van der Waals surface area contributed by atoms with Gasteiger partial charge in [0.15, 0.2) is 4.96 Å². The van der Waals surface area contributed by atoms with Gasteiger partial charge < -0.3 is 5.11 Å². The summed E-state index contributed by atoms with van der Waals surface area (Å²) in [5.41, 5.74) is 2.00. The summed E-state index contributed by atoms with van der Waals surface area (Å²) < 4.78 is 1.77. The van der Waals surface area contributed by atoms with E-state index in [9.17, 15) is 15.2 Å². The van der Waals surface area contributed by atoms with E-state index in [2.05, 4.69) is 4.98 Å². The summed E-state index contributed by atoms with van der Waals surface area (Å²) in [5, 5.41) is 22.1. The van der Waals surface area contributed by atoms with Gasteiger partial charge in [-0.3, -0.25) is 14.5 Å². The lowest BCUT2D eigenvalue weighted by Gasteiger charge is -2.06. The summed E-state index contributed by atoms with van der Waals surface area (Å²) in [6.07, 6.45) is 6.69. The van der Waals surface area contributed by atoms with E-state index in [4.69, 9.17) is 0 Å². The second-order valence-corrected chi connectivity index (χ2v) is 5.04. The average molecular weight is 277 g/mol. The van der Waals surface area contributed by atoms with Crippen LogP contribution >= 0.6 is 11.3 Å². The van der Waals surface area contributed by atoms with Crippen LogP contribution in [0.15, 0.2) is 29.4 Å². The number of hydrogen-bond donors (Lipinski definition) is 1. The number of allylic oxidation sites excluding steroid dienone is 3. The van der Waals surface area contributed by atoms with Gasteiger partial charge in [-0.2, -0.15) is 0 Å². The maximum Gasteiger partial charge on any atom is 0.274 e. The van der Waals surface area contributed by atoms with Crippen LogP contribution < -0.4 is 0 Å². The predicted molar refractivity (Wildman–Crippen MR) is 71.3 cm³/mol. The Labute approximate surface area is 112 Å². The molecule has 0 saturated carbocycles. The zero-order valence-corrected chi connectivity index (χ0v) is 10.8. The predicted octanol–water partition coefficient (Wildman–Crippen LogP) is 2.23. The lowest BCUT2D eigenvalue weighted by molar-refractivity contribution is -0.417. The number of thiazole rings is 1. The molecule has 0 radical (unpaired) electrons. The number of aromatic nitrogens is 2. The maximum atomic E-state index is 11.0. The topological polar surface area (TPSA) is 80.7 Å². The molecule has 0 unspecified atom stereocenters. The molecule has 0 aliphatic heterocycles. The minimum atomic E-state index is -0.370. The molecule has 98 valence electrons. The van der Waals surface area contributed by atoms with Gasteiger partial charge in [-0.1, -0.05) is 6.08 Å². The number of hydrogen-bond acceptors (Lipinski definition) is 5. The Morgan fingerprint density at radius 2 is 2.26 bits per heavy atom. The van der Waals surface area contributed by atoms with E-state index < -0.39 is 0 Å². The molecule has 3 rings (SSSR count). The van der Waals surface area contributed by atoms with Gasteiger partial charge in [0, 0.05) is 11.6 Å². The van der Waals surface area contributed by atoms with Gasteiger partial charge in [-0.15, -0.1) is 11.3 Å². The van der Waals surface area contributed by atoms with Crippen molar-refractivity contribution in [1.82, 2.24) is 9.38 Å². The Balaban J connectivity index is 2.08. The van der Waals surface area contributed by atoms with Crippen LogP contribution in [0.25, 0.3) is 10.5 Å². The summed E-state index contributed by atoms with van der Waals surface area (Å²) in [5.74, 6) is 0. The van der Waals surface area contributed by atoms with Crippen LogP contribution in [-0.2, 0) is 6.61 Å². The molecular weight excluding hydrogens is 266 g/mol. The minimum Gasteiger partial charge on any atom is -0.390 e. The first-order valence-electron chi connectivity index (χ1n) is 5.82. The molecule has 0 spiro atoms. The smallest absolute Gasteiger partial charge is 0.274 e. The highest BCUT2D eigenvalue weighted by molar-refractivity contribution is 7.15. The average Bonchev–Trinajstić information content (AvgIpc) is 2.98. The van der Waals surface area contributed by atoms with Crippen LogP contribution in [0.4, 0.5) is 0 Å². The van der Waals surface area contributed by atoms with E-state index in [1.54, 1.807) is 16.7 Å². The van der Waals surface area contributed by atoms with Crippen molar-refractivity contribution in [2.24, 2.45) is 0 Å². The standard InChI is InChI=1S/C12H11N3O3S/c16-6-8-7-19-12-13-10(5-14(8)12)9-3-1-2-4-11(9)15(17)18/h3-5,7,16H,1-2,6H2. The molecule has 0 fully saturated rings. The summed E-state index contributed by atoms with van der Waals surface area (Å²) in [4.78, 5) is 15.8. The molecule has 0 bridgehead atoms. The molecule has 1 N–H and O–H groups in total. The highest BCUT2D eigenvalue weighted by Crippen LogP contribution is 2.29. The van der Waals surface area contributed by atoms with E-state index >= 15 is 0 Å². The number of imidazole rings is 1. The molecule has 1 aliphatic rings. The Bertz CT molecular complexity index is 711. The number of nitro groups is 1. The third-order valence-electron chi connectivity index (χ3n) is 3.05. The number of rotatable bonds is 3. The highest BCUT2D eigenvalue weighted by Gasteiger charge is 2.24. The molecule has 2 aromatic heterocycles. The van der Waals surface area contributed by atoms with Gasteiger partial charge >= 0.3 is 0 Å². The molecule has 0 atom stereocenters. The zero-order valence-electron chi connectivity index (χ0n) is 9.94. The first-order valence-corrected chi connectivity index (χ1v) is 6.70. The molecule has 2 aromatic rings. The highest BCUT2D eigenvalue weighted by atomic mass is 32.1. The minimum absolute atomic E-state index is 0.0766. The molecule has 1 aliphatic carbocycles. The molecule has 2 heterocycles. The zero-order chi connectivity index (χ0) is 13.4. The van der Waals surface area contributed by atoms with Gasteiger partial charge in [0.1, 0.15) is 0 Å². The van der Waals surface area contributed by atoms with Crippen LogP contribution in [0.5, 0.6) is 0 Å². The van der Waals surface area contributed by atoms with Crippen molar-refractivity contribution in [3.8, 4) is 0 Å². The van der Waals surface area contributed by atoms with Gasteiger partial charge in [0.05, 0.1) is 28.5 Å². The summed E-state index contributed by atoms with van der Waals surface area (Å²) in [7, 11) is 0. The quantitative estimate of drug-likeness (QED) is 0.689. The second kappa shape index (κ2) is 4.60. The molecule has 0 amide bonds. The van der Waals surface area contributed by atoms with Crippen molar-refractivity contribution >= 4 is 21.9 Å². The number of aliphatic hydroxyl groups excluding tert-OH is 1. The molecule has 0 aromatic carbocycles. The SMILES string of the molecule is O=[N+]([O-])C1=CCCC=C1c1cn2c(CO)csc2n1. The fourth-order valence-electron chi connectivity index (χ4n) is 2.14.